The SMILES string of the molecule is O=C(CN1CCN(CC(=O)NC2CC2)CC1)NCC(=O)Nc1ccc(F)c(F)c1. The van der Waals surface area contributed by atoms with Gasteiger partial charge in [0.2, 0.25) is 17.7 Å². The van der Waals surface area contributed by atoms with Crippen molar-refractivity contribution >= 4 is 23.4 Å². The van der Waals surface area contributed by atoms with Crippen LogP contribution in [0.4, 0.5) is 14.5 Å². The summed E-state index contributed by atoms with van der Waals surface area (Å²) in [6.07, 6.45) is 2.13. The summed E-state index contributed by atoms with van der Waals surface area (Å²) in [5, 5.41) is 7.86. The van der Waals surface area contributed by atoms with E-state index in [1.165, 1.54) is 6.07 Å². The minimum absolute atomic E-state index is 0.0470. The van der Waals surface area contributed by atoms with E-state index in [2.05, 4.69) is 20.9 Å². The summed E-state index contributed by atoms with van der Waals surface area (Å²) in [6.45, 7) is 2.97. The van der Waals surface area contributed by atoms with Gasteiger partial charge in [-0.15, -0.1) is 0 Å². The Bertz CT molecular complexity index is 764. The molecule has 1 aromatic carbocycles. The summed E-state index contributed by atoms with van der Waals surface area (Å²) in [6, 6.07) is 3.38. The molecule has 3 rings (SSSR count). The van der Waals surface area contributed by atoms with Crippen LogP contribution in [0.2, 0.25) is 0 Å². The minimum atomic E-state index is -1.06. The minimum Gasteiger partial charge on any atom is -0.352 e. The molecule has 3 amide bonds. The van der Waals surface area contributed by atoms with Crippen LogP contribution in [-0.2, 0) is 14.4 Å². The van der Waals surface area contributed by atoms with Crippen molar-refractivity contribution in [1.29, 1.82) is 0 Å². The van der Waals surface area contributed by atoms with Crippen molar-refractivity contribution < 1.29 is 23.2 Å². The van der Waals surface area contributed by atoms with Gasteiger partial charge in [-0.2, -0.15) is 0 Å². The number of nitrogens with zero attached hydrogens (tertiary/aromatic N) is 2. The fraction of sp³-hybridized carbons (Fsp3) is 0.526. The Morgan fingerprint density at radius 3 is 2.10 bits per heavy atom. The Labute approximate surface area is 167 Å². The molecule has 0 atom stereocenters. The van der Waals surface area contributed by atoms with Crippen molar-refractivity contribution in [1.82, 2.24) is 20.4 Å². The number of benzene rings is 1. The van der Waals surface area contributed by atoms with Crippen LogP contribution >= 0.6 is 0 Å². The van der Waals surface area contributed by atoms with Gasteiger partial charge in [0.25, 0.3) is 0 Å². The maximum atomic E-state index is 13.1. The largest absolute Gasteiger partial charge is 0.352 e. The van der Waals surface area contributed by atoms with Gasteiger partial charge in [0.1, 0.15) is 0 Å². The van der Waals surface area contributed by atoms with Crippen molar-refractivity contribution in [2.45, 2.75) is 18.9 Å². The number of piperazine rings is 1. The molecule has 1 aromatic rings. The lowest BCUT2D eigenvalue weighted by atomic mass is 10.3. The third kappa shape index (κ3) is 7.06. The molecule has 1 saturated carbocycles. The van der Waals surface area contributed by atoms with E-state index in [0.29, 0.717) is 38.8 Å². The number of carbonyl (C=O) groups excluding carboxylic acids is 3. The third-order valence-electron chi connectivity index (χ3n) is 4.79. The molecule has 10 heteroatoms. The Balaban J connectivity index is 1.30. The fourth-order valence-corrected chi connectivity index (χ4v) is 3.03. The molecule has 2 fully saturated rings. The normalized spacial score (nSPS) is 17.6. The van der Waals surface area contributed by atoms with E-state index in [1.54, 1.807) is 0 Å². The monoisotopic (exact) mass is 409 g/mol. The van der Waals surface area contributed by atoms with Gasteiger partial charge in [0.15, 0.2) is 11.6 Å². The highest BCUT2D eigenvalue weighted by Gasteiger charge is 2.25. The molecule has 0 aromatic heterocycles. The van der Waals surface area contributed by atoms with Gasteiger partial charge in [0.05, 0.1) is 19.6 Å². The molecule has 29 heavy (non-hydrogen) atoms. The number of hydrogen-bond donors (Lipinski definition) is 3. The summed E-state index contributed by atoms with van der Waals surface area (Å²) in [5.41, 5.74) is 0.116. The van der Waals surface area contributed by atoms with Crippen molar-refractivity contribution in [3.8, 4) is 0 Å². The molecule has 0 radical (unpaired) electrons. The fourth-order valence-electron chi connectivity index (χ4n) is 3.03. The quantitative estimate of drug-likeness (QED) is 0.558. The first-order chi connectivity index (χ1) is 13.9. The molecule has 0 unspecified atom stereocenters. The van der Waals surface area contributed by atoms with Crippen LogP contribution in [0.3, 0.4) is 0 Å². The summed E-state index contributed by atoms with van der Waals surface area (Å²) in [4.78, 5) is 39.7. The van der Waals surface area contributed by atoms with Crippen LogP contribution in [0.25, 0.3) is 0 Å². The standard InChI is InChI=1S/C19H25F2N5O3/c20-15-4-3-14(9-16(15)21)24-17(27)10-22-18(28)11-25-5-7-26(8-6-25)12-19(29)23-13-1-2-13/h3-4,9,13H,1-2,5-8,10-12H2,(H,22,28)(H,23,29)(H,24,27). The van der Waals surface area contributed by atoms with Crippen LogP contribution < -0.4 is 16.0 Å². The summed E-state index contributed by atoms with van der Waals surface area (Å²) in [5.74, 6) is -2.84. The van der Waals surface area contributed by atoms with E-state index in [1.807, 2.05) is 4.90 Å². The summed E-state index contributed by atoms with van der Waals surface area (Å²) >= 11 is 0. The molecule has 1 aliphatic heterocycles. The van der Waals surface area contributed by atoms with E-state index in [0.717, 1.165) is 25.0 Å². The average Bonchev–Trinajstić information content (AvgIpc) is 3.48. The molecule has 3 N–H and O–H groups in total. The Morgan fingerprint density at radius 1 is 0.897 bits per heavy atom. The Morgan fingerprint density at radius 2 is 1.52 bits per heavy atom. The predicted octanol–water partition coefficient (Wildman–Crippen LogP) is -0.0843. The number of hydrogen-bond acceptors (Lipinski definition) is 5. The maximum Gasteiger partial charge on any atom is 0.243 e. The van der Waals surface area contributed by atoms with E-state index >= 15 is 0 Å². The second-order valence-corrected chi connectivity index (χ2v) is 7.35. The smallest absolute Gasteiger partial charge is 0.243 e. The number of anilines is 1. The summed E-state index contributed by atoms with van der Waals surface area (Å²) in [7, 11) is 0. The number of rotatable bonds is 8. The molecular formula is C19H25F2N5O3. The van der Waals surface area contributed by atoms with Crippen molar-refractivity contribution in [2.75, 3.05) is 51.1 Å². The number of halogens is 2. The highest BCUT2D eigenvalue weighted by Crippen LogP contribution is 2.18. The van der Waals surface area contributed by atoms with E-state index < -0.39 is 17.5 Å². The highest BCUT2D eigenvalue weighted by molar-refractivity contribution is 5.94. The van der Waals surface area contributed by atoms with E-state index in [9.17, 15) is 23.2 Å². The molecular weight excluding hydrogens is 384 g/mol. The second-order valence-electron chi connectivity index (χ2n) is 7.35. The number of amides is 3. The van der Waals surface area contributed by atoms with Gasteiger partial charge < -0.3 is 16.0 Å². The zero-order chi connectivity index (χ0) is 20.8. The topological polar surface area (TPSA) is 93.8 Å². The van der Waals surface area contributed by atoms with Crippen molar-refractivity contribution in [3.05, 3.63) is 29.8 Å². The first-order valence-electron chi connectivity index (χ1n) is 9.65. The molecule has 8 nitrogen and oxygen atoms in total. The molecule has 158 valence electrons. The zero-order valence-electron chi connectivity index (χ0n) is 16.0. The Hall–Kier alpha value is -2.59. The molecule has 1 heterocycles. The van der Waals surface area contributed by atoms with Crippen LogP contribution in [0, 0.1) is 11.6 Å². The lowest BCUT2D eigenvalue weighted by molar-refractivity contribution is -0.126. The van der Waals surface area contributed by atoms with Gasteiger partial charge in [0, 0.05) is 44.0 Å². The summed E-state index contributed by atoms with van der Waals surface area (Å²) < 4.78 is 26.0. The van der Waals surface area contributed by atoms with Crippen molar-refractivity contribution in [2.24, 2.45) is 0 Å². The third-order valence-corrected chi connectivity index (χ3v) is 4.79. The second kappa shape index (κ2) is 9.75. The molecule has 1 saturated heterocycles. The number of carbonyl (C=O) groups is 3. The van der Waals surface area contributed by atoms with Gasteiger partial charge in [-0.05, 0) is 25.0 Å². The zero-order valence-corrected chi connectivity index (χ0v) is 16.0. The van der Waals surface area contributed by atoms with Crippen LogP contribution in [0.1, 0.15) is 12.8 Å². The van der Waals surface area contributed by atoms with Gasteiger partial charge in [-0.3, -0.25) is 24.2 Å². The Kier molecular flexibility index (Phi) is 7.10. The lowest BCUT2D eigenvalue weighted by Crippen LogP contribution is -2.52. The van der Waals surface area contributed by atoms with Crippen LogP contribution in [-0.4, -0.2) is 79.4 Å². The first kappa shape index (κ1) is 21.1. The maximum absolute atomic E-state index is 13.1. The van der Waals surface area contributed by atoms with Gasteiger partial charge in [-0.1, -0.05) is 0 Å². The first-order valence-corrected chi connectivity index (χ1v) is 9.65. The van der Waals surface area contributed by atoms with Crippen LogP contribution in [0.5, 0.6) is 0 Å². The van der Waals surface area contributed by atoms with E-state index in [4.69, 9.17) is 0 Å². The molecule has 0 bridgehead atoms. The van der Waals surface area contributed by atoms with Gasteiger partial charge >= 0.3 is 0 Å². The van der Waals surface area contributed by atoms with Gasteiger partial charge in [-0.25, -0.2) is 8.78 Å². The average molecular weight is 409 g/mol. The van der Waals surface area contributed by atoms with Crippen molar-refractivity contribution in [3.63, 3.8) is 0 Å². The molecule has 1 aliphatic carbocycles. The molecule has 2 aliphatic rings. The van der Waals surface area contributed by atoms with E-state index in [-0.39, 0.29) is 30.6 Å². The number of nitrogens with one attached hydrogen (secondary N) is 3. The highest BCUT2D eigenvalue weighted by atomic mass is 19.2. The predicted molar refractivity (Wildman–Crippen MR) is 102 cm³/mol. The molecule has 0 spiro atoms. The lowest BCUT2D eigenvalue weighted by Gasteiger charge is -2.33. The van der Waals surface area contributed by atoms with Crippen LogP contribution in [0.15, 0.2) is 18.2 Å².